The molecule has 0 unspecified atom stereocenters. The Bertz CT molecular complexity index is 848. The van der Waals surface area contributed by atoms with E-state index in [1.54, 1.807) is 35.5 Å². The number of nitrogens with zero attached hydrogens (tertiary/aromatic N) is 4. The van der Waals surface area contributed by atoms with E-state index in [-0.39, 0.29) is 17.8 Å². The number of piperidine rings is 1. The predicted octanol–water partition coefficient (Wildman–Crippen LogP) is 2.89. The number of hydrogen-bond acceptors (Lipinski definition) is 3. The molecule has 0 saturated carbocycles. The molecule has 25 heavy (non-hydrogen) atoms. The number of aromatic nitrogens is 4. The highest BCUT2D eigenvalue weighted by atomic mass is 19.1. The van der Waals surface area contributed by atoms with Gasteiger partial charge in [0.1, 0.15) is 11.5 Å². The third kappa shape index (κ3) is 3.17. The molecule has 1 N–H and O–H groups in total. The summed E-state index contributed by atoms with van der Waals surface area (Å²) < 4.78 is 13.0. The number of nitrogens with one attached hydrogen (secondary N) is 1. The van der Waals surface area contributed by atoms with Crippen LogP contribution in [-0.2, 0) is 0 Å². The molecule has 3 heterocycles. The van der Waals surface area contributed by atoms with Gasteiger partial charge in [0.2, 0.25) is 0 Å². The highest BCUT2D eigenvalue weighted by Gasteiger charge is 2.26. The van der Waals surface area contributed by atoms with Crippen molar-refractivity contribution in [3.8, 4) is 11.1 Å². The SMILES string of the molecule is O=C(c1cc(-c2ccc(F)cc2)c[nH]1)N1CCC(n2nccn2)CC1. The van der Waals surface area contributed by atoms with E-state index >= 15 is 0 Å². The fraction of sp³-hybridized carbons (Fsp3) is 0.278. The predicted molar refractivity (Wildman–Crippen MR) is 90.4 cm³/mol. The number of likely N-dealkylation sites (tertiary alicyclic amines) is 1. The quantitative estimate of drug-likeness (QED) is 0.798. The fourth-order valence-corrected chi connectivity index (χ4v) is 3.21. The monoisotopic (exact) mass is 339 g/mol. The van der Waals surface area contributed by atoms with E-state index in [4.69, 9.17) is 0 Å². The normalized spacial score (nSPS) is 15.5. The third-order valence-corrected chi connectivity index (χ3v) is 4.61. The standard InChI is InChI=1S/C18H18FN5O/c19-15-3-1-13(2-4-15)14-11-17(20-12-14)18(25)23-9-5-16(6-10-23)24-21-7-8-22-24/h1-4,7-8,11-12,16,20H,5-6,9-10H2. The van der Waals surface area contributed by atoms with Crippen molar-refractivity contribution in [1.82, 2.24) is 24.9 Å². The fourth-order valence-electron chi connectivity index (χ4n) is 3.21. The molecule has 1 fully saturated rings. The summed E-state index contributed by atoms with van der Waals surface area (Å²) in [4.78, 5) is 19.3. The van der Waals surface area contributed by atoms with Crippen molar-refractivity contribution in [2.75, 3.05) is 13.1 Å². The minimum atomic E-state index is -0.273. The summed E-state index contributed by atoms with van der Waals surface area (Å²) in [6.45, 7) is 1.35. The summed E-state index contributed by atoms with van der Waals surface area (Å²) in [7, 11) is 0. The zero-order valence-corrected chi connectivity index (χ0v) is 13.6. The second-order valence-corrected chi connectivity index (χ2v) is 6.18. The molecule has 2 aromatic heterocycles. The van der Waals surface area contributed by atoms with Crippen molar-refractivity contribution in [2.45, 2.75) is 18.9 Å². The molecule has 1 amide bonds. The van der Waals surface area contributed by atoms with Gasteiger partial charge in [0.15, 0.2) is 0 Å². The van der Waals surface area contributed by atoms with E-state index in [2.05, 4.69) is 15.2 Å². The van der Waals surface area contributed by atoms with Crippen LogP contribution in [-0.4, -0.2) is 43.9 Å². The Labute approximate surface area is 144 Å². The molecule has 1 aliphatic heterocycles. The maximum Gasteiger partial charge on any atom is 0.270 e. The summed E-state index contributed by atoms with van der Waals surface area (Å²) >= 11 is 0. The van der Waals surface area contributed by atoms with E-state index in [0.29, 0.717) is 18.8 Å². The van der Waals surface area contributed by atoms with Gasteiger partial charge in [0.05, 0.1) is 18.4 Å². The van der Waals surface area contributed by atoms with Crippen molar-refractivity contribution >= 4 is 5.91 Å². The molecule has 4 rings (SSSR count). The molecule has 0 spiro atoms. The van der Waals surface area contributed by atoms with Gasteiger partial charge < -0.3 is 9.88 Å². The van der Waals surface area contributed by atoms with Gasteiger partial charge in [-0.2, -0.15) is 15.0 Å². The second-order valence-electron chi connectivity index (χ2n) is 6.18. The zero-order chi connectivity index (χ0) is 17.2. The van der Waals surface area contributed by atoms with Crippen LogP contribution >= 0.6 is 0 Å². The minimum absolute atomic E-state index is 0.0137. The van der Waals surface area contributed by atoms with Crippen molar-refractivity contribution in [1.29, 1.82) is 0 Å². The lowest BCUT2D eigenvalue weighted by molar-refractivity contribution is 0.0678. The topological polar surface area (TPSA) is 66.8 Å². The first-order valence-corrected chi connectivity index (χ1v) is 8.30. The Morgan fingerprint density at radius 3 is 2.44 bits per heavy atom. The number of carbonyl (C=O) groups is 1. The molecule has 0 bridgehead atoms. The van der Waals surface area contributed by atoms with Crippen LogP contribution < -0.4 is 0 Å². The van der Waals surface area contributed by atoms with E-state index in [9.17, 15) is 9.18 Å². The van der Waals surface area contributed by atoms with E-state index in [1.807, 2.05) is 11.0 Å². The summed E-state index contributed by atoms with van der Waals surface area (Å²) in [5.74, 6) is -0.287. The maximum atomic E-state index is 13.0. The van der Waals surface area contributed by atoms with Crippen LogP contribution in [0.4, 0.5) is 4.39 Å². The molecule has 1 aromatic carbocycles. The number of H-pyrrole nitrogens is 1. The number of halogens is 1. The van der Waals surface area contributed by atoms with Gasteiger partial charge in [0.25, 0.3) is 5.91 Å². The lowest BCUT2D eigenvalue weighted by atomic mass is 10.1. The maximum absolute atomic E-state index is 13.0. The number of aromatic amines is 1. The minimum Gasteiger partial charge on any atom is -0.357 e. The smallest absolute Gasteiger partial charge is 0.270 e. The van der Waals surface area contributed by atoms with Crippen LogP contribution in [0.15, 0.2) is 48.9 Å². The average molecular weight is 339 g/mol. The van der Waals surface area contributed by atoms with Crippen LogP contribution in [0.1, 0.15) is 29.4 Å². The molecule has 0 atom stereocenters. The van der Waals surface area contributed by atoms with Crippen molar-refractivity contribution in [2.24, 2.45) is 0 Å². The van der Waals surface area contributed by atoms with Gasteiger partial charge in [-0.1, -0.05) is 12.1 Å². The molecule has 128 valence electrons. The summed E-state index contributed by atoms with van der Waals surface area (Å²) in [5, 5.41) is 8.36. The molecule has 0 aliphatic carbocycles. The first kappa shape index (κ1) is 15.6. The molecular formula is C18H18FN5O. The molecule has 3 aromatic rings. The molecule has 0 radical (unpaired) electrons. The Morgan fingerprint density at radius 2 is 1.76 bits per heavy atom. The van der Waals surface area contributed by atoms with Crippen molar-refractivity contribution in [3.63, 3.8) is 0 Å². The van der Waals surface area contributed by atoms with Crippen molar-refractivity contribution in [3.05, 3.63) is 60.4 Å². The van der Waals surface area contributed by atoms with Gasteiger partial charge in [-0.3, -0.25) is 4.79 Å². The zero-order valence-electron chi connectivity index (χ0n) is 13.6. The Hall–Kier alpha value is -2.96. The second kappa shape index (κ2) is 6.51. The Kier molecular flexibility index (Phi) is 4.05. The molecular weight excluding hydrogens is 321 g/mol. The van der Waals surface area contributed by atoms with Gasteiger partial charge >= 0.3 is 0 Å². The van der Waals surface area contributed by atoms with Gasteiger partial charge in [-0.25, -0.2) is 4.39 Å². The summed E-state index contributed by atoms with van der Waals surface area (Å²) in [6, 6.07) is 8.30. The van der Waals surface area contributed by atoms with Crippen LogP contribution in [0.25, 0.3) is 11.1 Å². The first-order valence-electron chi connectivity index (χ1n) is 8.30. The van der Waals surface area contributed by atoms with Crippen LogP contribution in [0.3, 0.4) is 0 Å². The number of amides is 1. The summed E-state index contributed by atoms with van der Waals surface area (Å²) in [6.07, 6.45) is 6.81. The van der Waals surface area contributed by atoms with E-state index < -0.39 is 0 Å². The van der Waals surface area contributed by atoms with E-state index in [0.717, 1.165) is 24.0 Å². The van der Waals surface area contributed by atoms with Gasteiger partial charge in [-0.15, -0.1) is 0 Å². The first-order chi connectivity index (χ1) is 12.2. The number of carbonyl (C=O) groups excluding carboxylic acids is 1. The highest BCUT2D eigenvalue weighted by molar-refractivity contribution is 5.94. The molecule has 6 nitrogen and oxygen atoms in total. The Morgan fingerprint density at radius 1 is 1.08 bits per heavy atom. The lowest BCUT2D eigenvalue weighted by Gasteiger charge is -2.31. The largest absolute Gasteiger partial charge is 0.357 e. The van der Waals surface area contributed by atoms with Crippen molar-refractivity contribution < 1.29 is 9.18 Å². The summed E-state index contributed by atoms with van der Waals surface area (Å²) in [5.41, 5.74) is 2.30. The van der Waals surface area contributed by atoms with Crippen LogP contribution in [0.5, 0.6) is 0 Å². The van der Waals surface area contributed by atoms with Crippen LogP contribution in [0.2, 0.25) is 0 Å². The third-order valence-electron chi connectivity index (χ3n) is 4.61. The van der Waals surface area contributed by atoms with E-state index in [1.165, 1.54) is 12.1 Å². The Balaban J connectivity index is 1.43. The average Bonchev–Trinajstić information content (AvgIpc) is 3.34. The van der Waals surface area contributed by atoms with Gasteiger partial charge in [0, 0.05) is 19.3 Å². The number of hydrogen-bond donors (Lipinski definition) is 1. The molecule has 1 saturated heterocycles. The number of rotatable bonds is 3. The number of benzene rings is 1. The van der Waals surface area contributed by atoms with Crippen LogP contribution in [0, 0.1) is 5.82 Å². The lowest BCUT2D eigenvalue weighted by Crippen LogP contribution is -2.39. The molecule has 1 aliphatic rings. The highest BCUT2D eigenvalue weighted by Crippen LogP contribution is 2.24. The van der Waals surface area contributed by atoms with Gasteiger partial charge in [-0.05, 0) is 42.2 Å². The molecule has 7 heteroatoms.